The van der Waals surface area contributed by atoms with Crippen molar-refractivity contribution < 1.29 is 9.90 Å². The molecule has 2 fully saturated rings. The molecule has 5 heteroatoms. The average molecular weight is 231 g/mol. The van der Waals surface area contributed by atoms with Crippen molar-refractivity contribution in [2.75, 3.05) is 26.2 Å². The van der Waals surface area contributed by atoms with Crippen LogP contribution in [0.15, 0.2) is 0 Å². The standard InChI is InChI=1S/C6H12.C4H10N2.CH3NO2/c1-2-4-6-5-3-1;1-2-6-4-3-5-1;2-1(3)4/h1-6H2;5-6H,1-4H2;2H2,(H,3,4). The lowest BCUT2D eigenvalue weighted by molar-refractivity contribution is 0.205. The number of primary amides is 1. The fraction of sp³-hybridized carbons (Fsp3) is 0.909. The van der Waals surface area contributed by atoms with Crippen molar-refractivity contribution >= 4 is 6.09 Å². The molecule has 1 heterocycles. The molecule has 2 rings (SSSR count). The average Bonchev–Trinajstić information content (AvgIpc) is 2.34. The molecular formula is C11H25N3O2. The first-order valence-corrected chi connectivity index (χ1v) is 6.13. The fourth-order valence-corrected chi connectivity index (χ4v) is 1.66. The first-order valence-electron chi connectivity index (χ1n) is 6.13. The zero-order chi connectivity index (χ0) is 12.1. The van der Waals surface area contributed by atoms with E-state index in [0.29, 0.717) is 0 Å². The molecule has 1 saturated carbocycles. The molecule has 5 nitrogen and oxygen atoms in total. The Morgan fingerprint density at radius 2 is 1.00 bits per heavy atom. The predicted octanol–water partition coefficient (Wildman–Crippen LogP) is 1.14. The van der Waals surface area contributed by atoms with E-state index in [2.05, 4.69) is 16.4 Å². The molecule has 0 spiro atoms. The molecule has 0 aromatic carbocycles. The third kappa shape index (κ3) is 15.7. The minimum absolute atomic E-state index is 1.14. The Bertz CT molecular complexity index is 118. The number of carbonyl (C=O) groups is 1. The number of hydrogen-bond acceptors (Lipinski definition) is 3. The molecule has 0 bridgehead atoms. The number of nitrogens with one attached hydrogen (secondary N) is 2. The van der Waals surface area contributed by atoms with Crippen LogP contribution in [-0.2, 0) is 0 Å². The van der Waals surface area contributed by atoms with Gasteiger partial charge in [-0.1, -0.05) is 38.5 Å². The van der Waals surface area contributed by atoms with Crippen molar-refractivity contribution in [3.63, 3.8) is 0 Å². The quantitative estimate of drug-likeness (QED) is 0.503. The summed E-state index contributed by atoms with van der Waals surface area (Å²) >= 11 is 0. The van der Waals surface area contributed by atoms with Gasteiger partial charge in [0.25, 0.3) is 0 Å². The number of rotatable bonds is 0. The lowest BCUT2D eigenvalue weighted by atomic mass is 10.0. The number of amides is 1. The van der Waals surface area contributed by atoms with Crippen LogP contribution in [0.3, 0.4) is 0 Å². The van der Waals surface area contributed by atoms with Crippen LogP contribution in [0.25, 0.3) is 0 Å². The van der Waals surface area contributed by atoms with Crippen molar-refractivity contribution in [3.05, 3.63) is 0 Å². The van der Waals surface area contributed by atoms with E-state index in [4.69, 9.17) is 9.90 Å². The molecule has 1 aliphatic heterocycles. The van der Waals surface area contributed by atoms with Gasteiger partial charge in [-0.15, -0.1) is 0 Å². The summed E-state index contributed by atoms with van der Waals surface area (Å²) < 4.78 is 0. The maximum atomic E-state index is 8.78. The second kappa shape index (κ2) is 12.3. The lowest BCUT2D eigenvalue weighted by Gasteiger charge is -2.11. The Hall–Kier alpha value is -0.810. The summed E-state index contributed by atoms with van der Waals surface area (Å²) in [4.78, 5) is 8.78. The highest BCUT2D eigenvalue weighted by atomic mass is 16.4. The summed E-state index contributed by atoms with van der Waals surface area (Å²) in [5, 5.41) is 13.6. The molecule has 1 amide bonds. The van der Waals surface area contributed by atoms with E-state index in [1.165, 1.54) is 38.5 Å². The zero-order valence-electron chi connectivity index (χ0n) is 10.0. The Morgan fingerprint density at radius 1 is 0.812 bits per heavy atom. The molecule has 96 valence electrons. The summed E-state index contributed by atoms with van der Waals surface area (Å²) in [7, 11) is 0. The summed E-state index contributed by atoms with van der Waals surface area (Å²) in [6.07, 6.45) is 7.67. The fourth-order valence-electron chi connectivity index (χ4n) is 1.66. The van der Waals surface area contributed by atoms with Gasteiger partial charge in [0.2, 0.25) is 0 Å². The van der Waals surface area contributed by atoms with E-state index in [-0.39, 0.29) is 0 Å². The van der Waals surface area contributed by atoms with E-state index in [9.17, 15) is 0 Å². The van der Waals surface area contributed by atoms with Crippen molar-refractivity contribution in [2.24, 2.45) is 5.73 Å². The molecule has 0 radical (unpaired) electrons. The van der Waals surface area contributed by atoms with Crippen LogP contribution in [0, 0.1) is 0 Å². The minimum atomic E-state index is -1.33. The molecule has 2 aliphatic rings. The number of carboxylic acid groups (broad SMARTS) is 1. The number of nitrogens with two attached hydrogens (primary N) is 1. The van der Waals surface area contributed by atoms with E-state index < -0.39 is 6.09 Å². The molecule has 1 aliphatic carbocycles. The third-order valence-electron chi connectivity index (χ3n) is 2.46. The largest absolute Gasteiger partial charge is 0.465 e. The molecule has 0 aromatic rings. The van der Waals surface area contributed by atoms with Gasteiger partial charge in [-0.2, -0.15) is 0 Å². The van der Waals surface area contributed by atoms with Gasteiger partial charge in [0.15, 0.2) is 0 Å². The highest BCUT2D eigenvalue weighted by molar-refractivity contribution is 5.61. The molecule has 5 N–H and O–H groups in total. The van der Waals surface area contributed by atoms with Crippen LogP contribution in [0.4, 0.5) is 4.79 Å². The molecule has 0 aromatic heterocycles. The Balaban J connectivity index is 0.000000217. The first-order chi connectivity index (χ1) is 7.73. The number of hydrogen-bond donors (Lipinski definition) is 4. The maximum absolute atomic E-state index is 8.78. The summed E-state index contributed by atoms with van der Waals surface area (Å²) in [5.74, 6) is 0. The van der Waals surface area contributed by atoms with Crippen LogP contribution < -0.4 is 16.4 Å². The van der Waals surface area contributed by atoms with Gasteiger partial charge in [0.05, 0.1) is 0 Å². The van der Waals surface area contributed by atoms with Gasteiger partial charge in [-0.3, -0.25) is 0 Å². The van der Waals surface area contributed by atoms with Crippen molar-refractivity contribution in [1.82, 2.24) is 10.6 Å². The Morgan fingerprint density at radius 3 is 1.12 bits per heavy atom. The third-order valence-corrected chi connectivity index (χ3v) is 2.46. The van der Waals surface area contributed by atoms with Crippen LogP contribution in [0.1, 0.15) is 38.5 Å². The molecule has 1 saturated heterocycles. The van der Waals surface area contributed by atoms with E-state index in [1.807, 2.05) is 0 Å². The van der Waals surface area contributed by atoms with Gasteiger partial charge in [-0.05, 0) is 0 Å². The number of piperazine rings is 1. The molecule has 0 unspecified atom stereocenters. The van der Waals surface area contributed by atoms with Crippen molar-refractivity contribution in [3.8, 4) is 0 Å². The van der Waals surface area contributed by atoms with Gasteiger partial charge in [0, 0.05) is 26.2 Å². The van der Waals surface area contributed by atoms with Crippen LogP contribution >= 0.6 is 0 Å². The second-order valence-corrected chi connectivity index (χ2v) is 3.96. The lowest BCUT2D eigenvalue weighted by Crippen LogP contribution is -2.39. The van der Waals surface area contributed by atoms with Crippen molar-refractivity contribution in [1.29, 1.82) is 0 Å². The van der Waals surface area contributed by atoms with Crippen LogP contribution in [-0.4, -0.2) is 37.4 Å². The second-order valence-electron chi connectivity index (χ2n) is 3.96. The normalized spacial score (nSPS) is 19.5. The van der Waals surface area contributed by atoms with Gasteiger partial charge in [-0.25, -0.2) is 4.79 Å². The minimum Gasteiger partial charge on any atom is -0.465 e. The molecular weight excluding hydrogens is 206 g/mol. The Labute approximate surface area is 97.8 Å². The zero-order valence-corrected chi connectivity index (χ0v) is 10.0. The van der Waals surface area contributed by atoms with E-state index in [0.717, 1.165) is 26.2 Å². The highest BCUT2D eigenvalue weighted by Gasteiger charge is 1.95. The summed E-state index contributed by atoms with van der Waals surface area (Å²) in [5.41, 5.74) is 4.03. The van der Waals surface area contributed by atoms with Gasteiger partial charge < -0.3 is 21.5 Å². The topological polar surface area (TPSA) is 87.4 Å². The molecule has 0 atom stereocenters. The van der Waals surface area contributed by atoms with Gasteiger partial charge in [0.1, 0.15) is 0 Å². The Kier molecular flexibility index (Phi) is 11.6. The van der Waals surface area contributed by atoms with Crippen LogP contribution in [0.2, 0.25) is 0 Å². The van der Waals surface area contributed by atoms with E-state index in [1.54, 1.807) is 0 Å². The summed E-state index contributed by atoms with van der Waals surface area (Å²) in [6, 6.07) is 0. The highest BCUT2D eigenvalue weighted by Crippen LogP contribution is 2.15. The first kappa shape index (κ1) is 15.2. The monoisotopic (exact) mass is 231 g/mol. The van der Waals surface area contributed by atoms with E-state index >= 15 is 0 Å². The predicted molar refractivity (Wildman–Crippen MR) is 65.7 cm³/mol. The molecule has 16 heavy (non-hydrogen) atoms. The smallest absolute Gasteiger partial charge is 0.402 e. The summed E-state index contributed by atoms with van der Waals surface area (Å²) in [6.45, 7) is 4.56. The maximum Gasteiger partial charge on any atom is 0.402 e. The SMILES string of the molecule is C1CCCCC1.C1CNCCN1.NC(=O)O. The van der Waals surface area contributed by atoms with Gasteiger partial charge >= 0.3 is 6.09 Å². The van der Waals surface area contributed by atoms with Crippen LogP contribution in [0.5, 0.6) is 0 Å². The van der Waals surface area contributed by atoms with Crippen molar-refractivity contribution in [2.45, 2.75) is 38.5 Å².